The smallest absolute Gasteiger partial charge is 0.419 e. The topological polar surface area (TPSA) is 32.3 Å². The number of hydrogen-bond donors (Lipinski definition) is 2. The number of aryl methyl sites for hydroxylation is 1. The maximum absolute atomic E-state index is 13.2. The van der Waals surface area contributed by atoms with Gasteiger partial charge in [-0.1, -0.05) is 18.2 Å². The van der Waals surface area contributed by atoms with Gasteiger partial charge in [0.2, 0.25) is 0 Å². The van der Waals surface area contributed by atoms with Crippen LogP contribution in [0.15, 0.2) is 36.4 Å². The fourth-order valence-corrected chi connectivity index (χ4v) is 1.91. The molecule has 112 valence electrons. The largest absolute Gasteiger partial charge is 0.507 e. The monoisotopic (exact) mass is 299 g/mol. The molecule has 0 fully saturated rings. The number of para-hydroxylation sites is 1. The molecule has 2 aromatic rings. The highest BCUT2D eigenvalue weighted by atomic mass is 19.4. The molecule has 0 saturated heterocycles. The molecule has 0 bridgehead atoms. The van der Waals surface area contributed by atoms with E-state index in [1.54, 1.807) is 25.1 Å². The van der Waals surface area contributed by atoms with Gasteiger partial charge in [-0.25, -0.2) is 4.39 Å². The molecule has 2 N–H and O–H groups in total. The van der Waals surface area contributed by atoms with Crippen LogP contribution < -0.4 is 5.32 Å². The summed E-state index contributed by atoms with van der Waals surface area (Å²) in [5.41, 5.74) is 0.0304. The van der Waals surface area contributed by atoms with Crippen molar-refractivity contribution in [3.05, 3.63) is 58.9 Å². The normalized spacial score (nSPS) is 11.5. The molecule has 0 aliphatic heterocycles. The van der Waals surface area contributed by atoms with Crippen molar-refractivity contribution < 1.29 is 22.7 Å². The summed E-state index contributed by atoms with van der Waals surface area (Å²) in [4.78, 5) is 0. The predicted octanol–water partition coefficient (Wildman–Crippen LogP) is 4.47. The first kappa shape index (κ1) is 15.2. The SMILES string of the molecule is Cc1cccc(CNc2ccc(F)c(C(F)(F)F)c2)c1O. The van der Waals surface area contributed by atoms with Crippen LogP contribution in [-0.4, -0.2) is 5.11 Å². The number of phenols is 1. The molecule has 2 rings (SSSR count). The van der Waals surface area contributed by atoms with E-state index in [1.807, 2.05) is 0 Å². The Morgan fingerprint density at radius 2 is 1.86 bits per heavy atom. The Morgan fingerprint density at radius 3 is 2.52 bits per heavy atom. The molecule has 0 atom stereocenters. The van der Waals surface area contributed by atoms with Crippen LogP contribution in [0, 0.1) is 12.7 Å². The number of rotatable bonds is 3. The molecule has 2 aromatic carbocycles. The minimum Gasteiger partial charge on any atom is -0.507 e. The van der Waals surface area contributed by atoms with E-state index in [-0.39, 0.29) is 18.0 Å². The molecule has 0 aromatic heterocycles. The minimum atomic E-state index is -4.74. The molecular weight excluding hydrogens is 286 g/mol. The van der Waals surface area contributed by atoms with Crippen molar-refractivity contribution in [1.29, 1.82) is 0 Å². The van der Waals surface area contributed by atoms with E-state index in [2.05, 4.69) is 5.32 Å². The quantitative estimate of drug-likeness (QED) is 0.820. The third kappa shape index (κ3) is 3.45. The minimum absolute atomic E-state index is 0.0863. The summed E-state index contributed by atoms with van der Waals surface area (Å²) in [5, 5.41) is 12.6. The number of anilines is 1. The summed E-state index contributed by atoms with van der Waals surface area (Å²) >= 11 is 0. The van der Waals surface area contributed by atoms with E-state index in [0.717, 1.165) is 6.07 Å². The number of aromatic hydroxyl groups is 1. The van der Waals surface area contributed by atoms with Crippen LogP contribution in [-0.2, 0) is 12.7 Å². The average molecular weight is 299 g/mol. The van der Waals surface area contributed by atoms with Crippen molar-refractivity contribution in [2.24, 2.45) is 0 Å². The van der Waals surface area contributed by atoms with Gasteiger partial charge in [-0.2, -0.15) is 13.2 Å². The van der Waals surface area contributed by atoms with Crippen LogP contribution >= 0.6 is 0 Å². The van der Waals surface area contributed by atoms with Crippen LogP contribution in [0.25, 0.3) is 0 Å². The average Bonchev–Trinajstić information content (AvgIpc) is 2.40. The first-order valence-corrected chi connectivity index (χ1v) is 6.17. The highest BCUT2D eigenvalue weighted by molar-refractivity contribution is 5.49. The highest BCUT2D eigenvalue weighted by Crippen LogP contribution is 2.33. The van der Waals surface area contributed by atoms with E-state index in [4.69, 9.17) is 0 Å². The Labute approximate surface area is 119 Å². The van der Waals surface area contributed by atoms with Gasteiger partial charge in [0.1, 0.15) is 11.6 Å². The predicted molar refractivity (Wildman–Crippen MR) is 71.6 cm³/mol. The molecule has 21 heavy (non-hydrogen) atoms. The summed E-state index contributed by atoms with van der Waals surface area (Å²) < 4.78 is 51.0. The molecule has 0 radical (unpaired) electrons. The fourth-order valence-electron chi connectivity index (χ4n) is 1.91. The van der Waals surface area contributed by atoms with E-state index >= 15 is 0 Å². The van der Waals surface area contributed by atoms with Crippen molar-refractivity contribution in [3.63, 3.8) is 0 Å². The van der Waals surface area contributed by atoms with Gasteiger partial charge in [0.25, 0.3) is 0 Å². The fraction of sp³-hybridized carbons (Fsp3) is 0.200. The van der Waals surface area contributed by atoms with Gasteiger partial charge >= 0.3 is 6.18 Å². The lowest BCUT2D eigenvalue weighted by Crippen LogP contribution is -2.09. The van der Waals surface area contributed by atoms with Gasteiger partial charge in [0.05, 0.1) is 5.56 Å². The van der Waals surface area contributed by atoms with Crippen molar-refractivity contribution in [1.82, 2.24) is 0 Å². The van der Waals surface area contributed by atoms with Crippen molar-refractivity contribution >= 4 is 5.69 Å². The number of halogens is 4. The second-order valence-corrected chi connectivity index (χ2v) is 4.63. The molecule has 6 heteroatoms. The maximum atomic E-state index is 13.2. The van der Waals surface area contributed by atoms with Gasteiger partial charge < -0.3 is 10.4 Å². The number of phenolic OH excluding ortho intramolecular Hbond substituents is 1. The lowest BCUT2D eigenvalue weighted by molar-refractivity contribution is -0.139. The molecule has 0 saturated carbocycles. The molecule has 0 spiro atoms. The number of alkyl halides is 3. The standard InChI is InChI=1S/C15H13F4NO/c1-9-3-2-4-10(14(9)21)8-20-11-5-6-13(16)12(7-11)15(17,18)19/h2-7,20-21H,8H2,1H3. The van der Waals surface area contributed by atoms with E-state index in [1.165, 1.54) is 6.07 Å². The molecule has 0 unspecified atom stereocenters. The highest BCUT2D eigenvalue weighted by Gasteiger charge is 2.34. The molecule has 2 nitrogen and oxygen atoms in total. The summed E-state index contributed by atoms with van der Waals surface area (Å²) in [5.74, 6) is -1.23. The molecular formula is C15H13F4NO. The second-order valence-electron chi connectivity index (χ2n) is 4.63. The van der Waals surface area contributed by atoms with Crippen molar-refractivity contribution in [2.45, 2.75) is 19.6 Å². The van der Waals surface area contributed by atoms with Crippen molar-refractivity contribution in [3.8, 4) is 5.75 Å². The zero-order valence-electron chi connectivity index (χ0n) is 11.1. The molecule has 0 heterocycles. The zero-order chi connectivity index (χ0) is 15.6. The van der Waals surface area contributed by atoms with E-state index < -0.39 is 17.6 Å². The lowest BCUT2D eigenvalue weighted by Gasteiger charge is -2.13. The van der Waals surface area contributed by atoms with Crippen LogP contribution in [0.5, 0.6) is 5.75 Å². The lowest BCUT2D eigenvalue weighted by atomic mass is 10.1. The Balaban J connectivity index is 2.19. The van der Waals surface area contributed by atoms with Crippen LogP contribution in [0.1, 0.15) is 16.7 Å². The first-order valence-electron chi connectivity index (χ1n) is 6.17. The van der Waals surface area contributed by atoms with E-state index in [0.29, 0.717) is 17.2 Å². The van der Waals surface area contributed by atoms with Gasteiger partial charge in [0, 0.05) is 17.8 Å². The Morgan fingerprint density at radius 1 is 1.14 bits per heavy atom. The summed E-state index contributed by atoms with van der Waals surface area (Å²) in [6.45, 7) is 1.86. The Bertz CT molecular complexity index is 653. The Hall–Kier alpha value is -2.24. The van der Waals surface area contributed by atoms with Gasteiger partial charge in [-0.05, 0) is 30.7 Å². The molecule has 0 amide bonds. The third-order valence-corrected chi connectivity index (χ3v) is 3.08. The summed E-state index contributed by atoms with van der Waals surface area (Å²) in [7, 11) is 0. The van der Waals surface area contributed by atoms with Gasteiger partial charge in [-0.3, -0.25) is 0 Å². The summed E-state index contributed by atoms with van der Waals surface area (Å²) in [6, 6.07) is 7.81. The van der Waals surface area contributed by atoms with Gasteiger partial charge in [0.15, 0.2) is 0 Å². The Kier molecular flexibility index (Phi) is 4.06. The number of nitrogens with one attached hydrogen (secondary N) is 1. The van der Waals surface area contributed by atoms with Crippen LogP contribution in [0.4, 0.5) is 23.2 Å². The van der Waals surface area contributed by atoms with Crippen LogP contribution in [0.3, 0.4) is 0 Å². The van der Waals surface area contributed by atoms with Gasteiger partial charge in [-0.15, -0.1) is 0 Å². The molecule has 0 aliphatic rings. The second kappa shape index (κ2) is 5.63. The first-order chi connectivity index (χ1) is 9.79. The maximum Gasteiger partial charge on any atom is 0.419 e. The van der Waals surface area contributed by atoms with E-state index in [9.17, 15) is 22.7 Å². The zero-order valence-corrected chi connectivity index (χ0v) is 11.1. The third-order valence-electron chi connectivity index (χ3n) is 3.08. The van der Waals surface area contributed by atoms with Crippen LogP contribution in [0.2, 0.25) is 0 Å². The number of benzene rings is 2. The number of hydrogen-bond acceptors (Lipinski definition) is 2. The van der Waals surface area contributed by atoms with Crippen molar-refractivity contribution in [2.75, 3.05) is 5.32 Å². The molecule has 0 aliphatic carbocycles. The summed E-state index contributed by atoms with van der Waals surface area (Å²) in [6.07, 6.45) is -4.74.